The van der Waals surface area contributed by atoms with E-state index in [-0.39, 0.29) is 12.3 Å². The fraction of sp³-hybridized carbons (Fsp3) is 0.182. The van der Waals surface area contributed by atoms with Gasteiger partial charge in [-0.3, -0.25) is 9.78 Å². The summed E-state index contributed by atoms with van der Waals surface area (Å²) in [5.74, 6) is 1.41. The van der Waals surface area contributed by atoms with Crippen LogP contribution in [0.25, 0.3) is 21.8 Å². The highest BCUT2D eigenvalue weighted by Gasteiger charge is 2.21. The van der Waals surface area contributed by atoms with Crippen molar-refractivity contribution in [3.63, 3.8) is 0 Å². The van der Waals surface area contributed by atoms with Gasteiger partial charge in [0.15, 0.2) is 11.5 Å². The largest absolute Gasteiger partial charge is 0.493 e. The first-order valence-electron chi connectivity index (χ1n) is 9.08. The van der Waals surface area contributed by atoms with Crippen LogP contribution in [0.5, 0.6) is 17.2 Å². The number of rotatable bonds is 6. The Kier molecular flexibility index (Phi) is 4.95. The number of benzene rings is 2. The fourth-order valence-electron chi connectivity index (χ4n) is 3.54. The maximum Gasteiger partial charge on any atom is 0.228 e. The smallest absolute Gasteiger partial charge is 0.228 e. The highest BCUT2D eigenvalue weighted by molar-refractivity contribution is 6.03. The third kappa shape index (κ3) is 3.31. The summed E-state index contributed by atoms with van der Waals surface area (Å²) >= 11 is 0. The minimum atomic E-state index is -0.152. The molecule has 7 heteroatoms. The number of H-pyrrole nitrogens is 1. The Morgan fingerprint density at radius 1 is 1.07 bits per heavy atom. The molecule has 2 N–H and O–H groups in total. The molecule has 0 aliphatic rings. The summed E-state index contributed by atoms with van der Waals surface area (Å²) in [5.41, 5.74) is 3.03. The van der Waals surface area contributed by atoms with Crippen molar-refractivity contribution in [3.8, 4) is 17.2 Å². The van der Waals surface area contributed by atoms with Crippen molar-refractivity contribution < 1.29 is 19.0 Å². The van der Waals surface area contributed by atoms with Crippen molar-refractivity contribution in [2.45, 2.75) is 6.42 Å². The van der Waals surface area contributed by atoms with Gasteiger partial charge >= 0.3 is 0 Å². The molecule has 29 heavy (non-hydrogen) atoms. The van der Waals surface area contributed by atoms with E-state index in [1.54, 1.807) is 33.7 Å². The summed E-state index contributed by atoms with van der Waals surface area (Å²) in [4.78, 5) is 20.4. The molecule has 0 aliphatic heterocycles. The number of ether oxygens (including phenoxy) is 3. The number of hydrogen-bond acceptors (Lipinski definition) is 5. The predicted molar refractivity (Wildman–Crippen MR) is 112 cm³/mol. The number of nitrogens with zero attached hydrogens (tertiary/aromatic N) is 1. The molecule has 0 atom stereocenters. The quantitative estimate of drug-likeness (QED) is 0.520. The lowest BCUT2D eigenvalue weighted by molar-refractivity contribution is -0.115. The van der Waals surface area contributed by atoms with Crippen LogP contribution in [-0.2, 0) is 11.2 Å². The Morgan fingerprint density at radius 3 is 2.62 bits per heavy atom. The van der Waals surface area contributed by atoms with E-state index in [0.29, 0.717) is 22.9 Å². The van der Waals surface area contributed by atoms with Crippen molar-refractivity contribution in [2.24, 2.45) is 0 Å². The van der Waals surface area contributed by atoms with E-state index in [0.717, 1.165) is 27.4 Å². The van der Waals surface area contributed by atoms with E-state index in [2.05, 4.69) is 15.3 Å². The van der Waals surface area contributed by atoms with Crippen LogP contribution >= 0.6 is 0 Å². The lowest BCUT2D eigenvalue weighted by Crippen LogP contribution is -2.14. The monoisotopic (exact) mass is 391 g/mol. The number of carbonyl (C=O) groups is 1. The van der Waals surface area contributed by atoms with Gasteiger partial charge in [-0.2, -0.15) is 0 Å². The minimum Gasteiger partial charge on any atom is -0.493 e. The van der Waals surface area contributed by atoms with Crippen LogP contribution in [0.1, 0.15) is 5.56 Å². The van der Waals surface area contributed by atoms with Crippen molar-refractivity contribution >= 4 is 33.4 Å². The lowest BCUT2D eigenvalue weighted by Gasteiger charge is -2.14. The van der Waals surface area contributed by atoms with Gasteiger partial charge < -0.3 is 24.5 Å². The topological polar surface area (TPSA) is 85.5 Å². The number of aromatic nitrogens is 2. The SMILES string of the molecule is COc1cc2[nH]cc(CC(=O)Nc3cccc4cccnc34)c2c(OC)c1OC. The second-order valence-electron chi connectivity index (χ2n) is 6.49. The average Bonchev–Trinajstić information content (AvgIpc) is 3.14. The summed E-state index contributed by atoms with van der Waals surface area (Å²) in [7, 11) is 4.69. The van der Waals surface area contributed by atoms with E-state index in [1.807, 2.05) is 36.4 Å². The van der Waals surface area contributed by atoms with Crippen LogP contribution in [0.3, 0.4) is 0 Å². The van der Waals surface area contributed by atoms with Gasteiger partial charge in [0, 0.05) is 29.2 Å². The molecule has 0 saturated heterocycles. The van der Waals surface area contributed by atoms with Crippen LogP contribution in [-0.4, -0.2) is 37.2 Å². The molecule has 7 nitrogen and oxygen atoms in total. The zero-order chi connectivity index (χ0) is 20.4. The van der Waals surface area contributed by atoms with Crippen molar-refractivity contribution in [1.82, 2.24) is 9.97 Å². The van der Waals surface area contributed by atoms with Gasteiger partial charge in [-0.05, 0) is 17.7 Å². The molecule has 0 fully saturated rings. The number of para-hydroxylation sites is 1. The Balaban J connectivity index is 1.68. The molecule has 0 saturated carbocycles. The Hall–Kier alpha value is -3.74. The van der Waals surface area contributed by atoms with Gasteiger partial charge in [0.1, 0.15) is 0 Å². The summed E-state index contributed by atoms with van der Waals surface area (Å²) < 4.78 is 16.4. The molecule has 1 amide bonds. The van der Waals surface area contributed by atoms with E-state index >= 15 is 0 Å². The van der Waals surface area contributed by atoms with Gasteiger partial charge in [-0.25, -0.2) is 0 Å². The van der Waals surface area contributed by atoms with Gasteiger partial charge in [-0.15, -0.1) is 0 Å². The molecular weight excluding hydrogens is 370 g/mol. The van der Waals surface area contributed by atoms with Crippen molar-refractivity contribution in [3.05, 3.63) is 54.4 Å². The Labute approximate surface area is 167 Å². The van der Waals surface area contributed by atoms with Crippen molar-refractivity contribution in [2.75, 3.05) is 26.6 Å². The standard InChI is InChI=1S/C22H21N3O4/c1-27-17-11-16-19(22(29-3)21(17)28-2)14(12-24-16)10-18(26)25-15-8-4-6-13-7-5-9-23-20(13)15/h4-9,11-12,24H,10H2,1-3H3,(H,25,26). The molecule has 4 aromatic rings. The number of anilines is 1. The molecule has 2 aromatic heterocycles. The minimum absolute atomic E-state index is 0.152. The van der Waals surface area contributed by atoms with E-state index in [1.165, 1.54) is 0 Å². The van der Waals surface area contributed by atoms with Gasteiger partial charge in [0.25, 0.3) is 0 Å². The van der Waals surface area contributed by atoms with E-state index < -0.39 is 0 Å². The summed E-state index contributed by atoms with van der Waals surface area (Å²) in [6.07, 6.45) is 3.67. The predicted octanol–water partition coefficient (Wildman–Crippen LogP) is 3.92. The van der Waals surface area contributed by atoms with E-state index in [9.17, 15) is 4.79 Å². The number of aromatic amines is 1. The number of carbonyl (C=O) groups excluding carboxylic acids is 1. The average molecular weight is 391 g/mol. The normalized spacial score (nSPS) is 10.9. The zero-order valence-electron chi connectivity index (χ0n) is 16.4. The molecule has 4 rings (SSSR count). The highest BCUT2D eigenvalue weighted by atomic mass is 16.5. The molecule has 0 spiro atoms. The first-order chi connectivity index (χ1) is 14.2. The molecule has 0 aliphatic carbocycles. The highest BCUT2D eigenvalue weighted by Crippen LogP contribution is 2.44. The van der Waals surface area contributed by atoms with Gasteiger partial charge in [-0.1, -0.05) is 18.2 Å². The first kappa shape index (κ1) is 18.6. The van der Waals surface area contributed by atoms with Crippen LogP contribution in [0.15, 0.2) is 48.8 Å². The fourth-order valence-corrected chi connectivity index (χ4v) is 3.54. The molecule has 0 bridgehead atoms. The Morgan fingerprint density at radius 2 is 1.86 bits per heavy atom. The first-order valence-corrected chi connectivity index (χ1v) is 9.08. The Bertz CT molecular complexity index is 1190. The summed E-state index contributed by atoms with van der Waals surface area (Å²) in [6, 6.07) is 11.4. The number of hydrogen-bond donors (Lipinski definition) is 2. The second kappa shape index (κ2) is 7.71. The van der Waals surface area contributed by atoms with Crippen LogP contribution in [0.2, 0.25) is 0 Å². The number of nitrogens with one attached hydrogen (secondary N) is 2. The number of fused-ring (bicyclic) bond motifs is 2. The molecule has 2 aromatic carbocycles. The summed E-state index contributed by atoms with van der Waals surface area (Å²) in [6.45, 7) is 0. The number of methoxy groups -OCH3 is 3. The van der Waals surface area contributed by atoms with Crippen LogP contribution in [0.4, 0.5) is 5.69 Å². The lowest BCUT2D eigenvalue weighted by atomic mass is 10.1. The second-order valence-corrected chi connectivity index (χ2v) is 6.49. The van der Waals surface area contributed by atoms with Gasteiger partial charge in [0.2, 0.25) is 11.7 Å². The maximum absolute atomic E-state index is 12.8. The number of pyridine rings is 1. The summed E-state index contributed by atoms with van der Waals surface area (Å²) in [5, 5.41) is 4.72. The van der Waals surface area contributed by atoms with E-state index in [4.69, 9.17) is 14.2 Å². The third-order valence-electron chi connectivity index (χ3n) is 4.81. The maximum atomic E-state index is 12.8. The van der Waals surface area contributed by atoms with Gasteiger partial charge in [0.05, 0.1) is 44.5 Å². The van der Waals surface area contributed by atoms with Crippen molar-refractivity contribution in [1.29, 1.82) is 0 Å². The molecular formula is C22H21N3O4. The molecule has 0 radical (unpaired) electrons. The van der Waals surface area contributed by atoms with Crippen LogP contribution in [0, 0.1) is 0 Å². The third-order valence-corrected chi connectivity index (χ3v) is 4.81. The number of amides is 1. The molecule has 0 unspecified atom stereocenters. The zero-order valence-corrected chi connectivity index (χ0v) is 16.4. The van der Waals surface area contributed by atoms with Crippen LogP contribution < -0.4 is 19.5 Å². The molecule has 2 heterocycles. The molecule has 148 valence electrons.